The topological polar surface area (TPSA) is 51.8 Å². The number of hydrogen-bond acceptors (Lipinski definition) is 4. The van der Waals surface area contributed by atoms with Gasteiger partial charge in [-0.25, -0.2) is 15.0 Å². The van der Waals surface area contributed by atoms with Crippen molar-refractivity contribution in [2.75, 3.05) is 0 Å². The lowest BCUT2D eigenvalue weighted by molar-refractivity contribution is 0.670. The molecule has 49 heavy (non-hydrogen) atoms. The molecule has 10 rings (SSSR count). The first-order valence-electron chi connectivity index (χ1n) is 16.4. The van der Waals surface area contributed by atoms with Crippen LogP contribution in [0, 0.1) is 0 Å². The molecular weight excluding hydrogens is 599 g/mol. The molecule has 10 aromatic rings. The van der Waals surface area contributed by atoms with Crippen molar-refractivity contribution in [3.05, 3.63) is 164 Å². The van der Waals surface area contributed by atoms with Crippen LogP contribution in [0.2, 0.25) is 0 Å². The van der Waals surface area contributed by atoms with Gasteiger partial charge >= 0.3 is 0 Å². The highest BCUT2D eigenvalue weighted by Crippen LogP contribution is 2.44. The van der Waals surface area contributed by atoms with E-state index in [1.165, 1.54) is 10.8 Å². The fourth-order valence-corrected chi connectivity index (χ4v) is 7.08. The van der Waals surface area contributed by atoms with Crippen molar-refractivity contribution >= 4 is 54.3 Å². The lowest BCUT2D eigenvalue weighted by Crippen LogP contribution is -2.01. The number of furan rings is 1. The van der Waals surface area contributed by atoms with Gasteiger partial charge in [-0.05, 0) is 68.2 Å². The minimum absolute atomic E-state index is 0.599. The second-order valence-corrected chi connectivity index (χ2v) is 12.4. The Labute approximate surface area is 282 Å². The van der Waals surface area contributed by atoms with Gasteiger partial charge in [0.15, 0.2) is 17.5 Å². The minimum Gasteiger partial charge on any atom is -0.455 e. The first-order chi connectivity index (χ1) is 24.3. The number of rotatable bonds is 4. The average Bonchev–Trinajstić information content (AvgIpc) is 3.58. The molecule has 2 heterocycles. The highest BCUT2D eigenvalue weighted by molar-refractivity contribution is 6.24. The molecule has 0 fully saturated rings. The number of nitrogens with zero attached hydrogens (tertiary/aromatic N) is 3. The smallest absolute Gasteiger partial charge is 0.164 e. The summed E-state index contributed by atoms with van der Waals surface area (Å²) < 4.78 is 6.76. The summed E-state index contributed by atoms with van der Waals surface area (Å²) in [5.41, 5.74) is 6.53. The molecule has 0 radical (unpaired) electrons. The van der Waals surface area contributed by atoms with Gasteiger partial charge in [-0.2, -0.15) is 0 Å². The first kappa shape index (κ1) is 27.5. The number of hydrogen-bond donors (Lipinski definition) is 0. The van der Waals surface area contributed by atoms with Gasteiger partial charge in [0.05, 0.1) is 0 Å². The van der Waals surface area contributed by atoms with Crippen LogP contribution >= 0.6 is 0 Å². The normalized spacial score (nSPS) is 11.7. The summed E-state index contributed by atoms with van der Waals surface area (Å²) in [6.07, 6.45) is 0. The molecule has 0 unspecified atom stereocenters. The van der Waals surface area contributed by atoms with Gasteiger partial charge in [0, 0.05) is 33.0 Å². The fourth-order valence-electron chi connectivity index (χ4n) is 7.08. The predicted molar refractivity (Wildman–Crippen MR) is 201 cm³/mol. The van der Waals surface area contributed by atoms with Crippen LogP contribution in [0.25, 0.3) is 99.5 Å². The Morgan fingerprint density at radius 2 is 0.878 bits per heavy atom. The van der Waals surface area contributed by atoms with Crippen molar-refractivity contribution in [3.63, 3.8) is 0 Å². The summed E-state index contributed by atoms with van der Waals surface area (Å²) >= 11 is 0. The molecule has 2 aromatic heterocycles. The molecule has 0 amide bonds. The molecule has 0 N–H and O–H groups in total. The lowest BCUT2D eigenvalue weighted by atomic mass is 9.96. The third-order valence-corrected chi connectivity index (χ3v) is 9.49. The highest BCUT2D eigenvalue weighted by Gasteiger charge is 2.22. The first-order valence-corrected chi connectivity index (χ1v) is 16.4. The van der Waals surface area contributed by atoms with Crippen molar-refractivity contribution in [1.82, 2.24) is 15.0 Å². The van der Waals surface area contributed by atoms with E-state index in [1.54, 1.807) is 0 Å². The van der Waals surface area contributed by atoms with E-state index in [0.717, 1.165) is 71.3 Å². The zero-order valence-corrected chi connectivity index (χ0v) is 26.3. The van der Waals surface area contributed by atoms with Crippen molar-refractivity contribution in [2.24, 2.45) is 0 Å². The van der Waals surface area contributed by atoms with Crippen LogP contribution in [0.5, 0.6) is 0 Å². The van der Waals surface area contributed by atoms with Crippen molar-refractivity contribution in [1.29, 1.82) is 0 Å². The Kier molecular flexibility index (Phi) is 6.15. The Morgan fingerprint density at radius 3 is 1.55 bits per heavy atom. The Hall–Kier alpha value is -6.65. The summed E-state index contributed by atoms with van der Waals surface area (Å²) in [6.45, 7) is 0. The summed E-state index contributed by atoms with van der Waals surface area (Å²) in [6, 6.07) is 56.9. The maximum absolute atomic E-state index is 6.76. The Balaban J connectivity index is 1.29. The molecule has 0 saturated carbocycles. The number of fused-ring (bicyclic) bond motifs is 7. The van der Waals surface area contributed by atoms with E-state index in [4.69, 9.17) is 19.4 Å². The van der Waals surface area contributed by atoms with Gasteiger partial charge in [0.2, 0.25) is 0 Å². The molecule has 228 valence electrons. The zero-order chi connectivity index (χ0) is 32.3. The lowest BCUT2D eigenvalue weighted by Gasteiger charge is -2.12. The average molecular weight is 626 g/mol. The van der Waals surface area contributed by atoms with E-state index in [1.807, 2.05) is 6.07 Å². The van der Waals surface area contributed by atoms with E-state index in [-0.39, 0.29) is 0 Å². The zero-order valence-electron chi connectivity index (χ0n) is 26.3. The molecule has 0 aliphatic heterocycles. The van der Waals surface area contributed by atoms with Gasteiger partial charge in [0.1, 0.15) is 11.2 Å². The fraction of sp³-hybridized carbons (Fsp3) is 0. The second-order valence-electron chi connectivity index (χ2n) is 12.4. The van der Waals surface area contributed by atoms with E-state index < -0.39 is 0 Å². The molecule has 0 spiro atoms. The van der Waals surface area contributed by atoms with Gasteiger partial charge in [-0.15, -0.1) is 0 Å². The standard InChI is InChI=1S/C45H27N3O/c1-2-12-30(13-3-1)37-23-24-38(41-40-36-17-9-8-14-31(36)22-25-39(40)49-42(37)41)45-47-43(34-20-18-28-10-4-6-15-32(28)26-34)46-44(48-45)35-21-19-29-11-5-7-16-33(29)27-35/h1-27H. The van der Waals surface area contributed by atoms with Crippen molar-refractivity contribution < 1.29 is 4.42 Å². The van der Waals surface area contributed by atoms with Gasteiger partial charge in [0.25, 0.3) is 0 Å². The van der Waals surface area contributed by atoms with Crippen LogP contribution in [0.15, 0.2) is 168 Å². The summed E-state index contributed by atoms with van der Waals surface area (Å²) in [7, 11) is 0. The Morgan fingerprint density at radius 1 is 0.347 bits per heavy atom. The molecule has 4 heteroatoms. The van der Waals surface area contributed by atoms with Crippen molar-refractivity contribution in [2.45, 2.75) is 0 Å². The van der Waals surface area contributed by atoms with Crippen LogP contribution in [0.1, 0.15) is 0 Å². The van der Waals surface area contributed by atoms with Crippen LogP contribution in [0.3, 0.4) is 0 Å². The minimum atomic E-state index is 0.599. The van der Waals surface area contributed by atoms with Gasteiger partial charge in [-0.1, -0.05) is 133 Å². The second kappa shape index (κ2) is 11.0. The van der Waals surface area contributed by atoms with Crippen LogP contribution in [-0.2, 0) is 0 Å². The third-order valence-electron chi connectivity index (χ3n) is 9.49. The van der Waals surface area contributed by atoms with Gasteiger partial charge in [-0.3, -0.25) is 0 Å². The van der Waals surface area contributed by atoms with Crippen LogP contribution in [-0.4, -0.2) is 15.0 Å². The SMILES string of the molecule is c1ccc(-c2ccc(-c3nc(-c4ccc5ccccc5c4)nc(-c4ccc5ccccc5c4)n3)c3c2oc2ccc4ccccc4c23)cc1. The van der Waals surface area contributed by atoms with E-state index in [0.29, 0.717) is 17.5 Å². The quantitative estimate of drug-likeness (QED) is 0.195. The predicted octanol–water partition coefficient (Wildman–Crippen LogP) is 11.9. The van der Waals surface area contributed by atoms with E-state index in [9.17, 15) is 0 Å². The molecule has 0 saturated heterocycles. The largest absolute Gasteiger partial charge is 0.455 e. The molecule has 4 nitrogen and oxygen atoms in total. The number of benzene rings is 8. The van der Waals surface area contributed by atoms with Crippen LogP contribution in [0.4, 0.5) is 0 Å². The maximum atomic E-state index is 6.76. The highest BCUT2D eigenvalue weighted by atomic mass is 16.3. The molecule has 0 atom stereocenters. The van der Waals surface area contributed by atoms with Gasteiger partial charge < -0.3 is 4.42 Å². The number of aromatic nitrogens is 3. The van der Waals surface area contributed by atoms with E-state index >= 15 is 0 Å². The van der Waals surface area contributed by atoms with E-state index in [2.05, 4.69) is 158 Å². The molecular formula is C45H27N3O. The van der Waals surface area contributed by atoms with Crippen molar-refractivity contribution in [3.8, 4) is 45.3 Å². The summed E-state index contributed by atoms with van der Waals surface area (Å²) in [5, 5.41) is 8.94. The molecule has 0 aliphatic carbocycles. The molecule has 0 aliphatic rings. The molecule has 8 aromatic carbocycles. The Bertz CT molecular complexity index is 2790. The molecule has 0 bridgehead atoms. The van der Waals surface area contributed by atoms with Crippen LogP contribution < -0.4 is 0 Å². The third kappa shape index (κ3) is 4.57. The summed E-state index contributed by atoms with van der Waals surface area (Å²) in [5.74, 6) is 1.84. The maximum Gasteiger partial charge on any atom is 0.164 e. The summed E-state index contributed by atoms with van der Waals surface area (Å²) in [4.78, 5) is 15.6. The monoisotopic (exact) mass is 625 g/mol.